The number of rotatable bonds is 10. The molecule has 3 unspecified atom stereocenters. The lowest BCUT2D eigenvalue weighted by molar-refractivity contribution is -0.150. The van der Waals surface area contributed by atoms with Gasteiger partial charge in [-0.3, -0.25) is 14.4 Å². The molecule has 37 heavy (non-hydrogen) atoms. The number of carbonyl (C=O) groups excluding carboxylic acids is 1. The molecule has 3 heterocycles. The summed E-state index contributed by atoms with van der Waals surface area (Å²) >= 11 is 5.83. The van der Waals surface area contributed by atoms with E-state index >= 15 is 0 Å². The van der Waals surface area contributed by atoms with Gasteiger partial charge in [-0.15, -0.1) is 0 Å². The maximum atomic E-state index is 13.0. The first-order valence-electron chi connectivity index (χ1n) is 13.1. The van der Waals surface area contributed by atoms with Gasteiger partial charge in [0.25, 0.3) is 0 Å². The molecule has 2 aliphatic rings. The summed E-state index contributed by atoms with van der Waals surface area (Å²) in [4.78, 5) is 15.2. The van der Waals surface area contributed by atoms with Crippen molar-refractivity contribution in [2.75, 3.05) is 19.7 Å². The standard InChI is InChI=1S/C27H35ClF3N3O3/c1-3-19(26(35)37-16-18-11-20(27(29,30)31)13-21(28)12-18)7-5-10-34-22(4-2)14-24(32-34)25-15-33-9-6-8-23(33)17-36-25/h11-14,19,23,25H,3-10,15-17H2,1-2H3. The van der Waals surface area contributed by atoms with Gasteiger partial charge in [0.05, 0.1) is 23.8 Å². The number of hydrogen-bond acceptors (Lipinski definition) is 5. The van der Waals surface area contributed by atoms with Gasteiger partial charge in [-0.25, -0.2) is 0 Å². The zero-order valence-corrected chi connectivity index (χ0v) is 22.2. The minimum atomic E-state index is -4.51. The fraction of sp³-hybridized carbons (Fsp3) is 0.630. The van der Waals surface area contributed by atoms with Gasteiger partial charge in [0, 0.05) is 29.8 Å². The van der Waals surface area contributed by atoms with Crippen molar-refractivity contribution in [3.8, 4) is 0 Å². The van der Waals surface area contributed by atoms with E-state index in [-0.39, 0.29) is 29.2 Å². The van der Waals surface area contributed by atoms with Crippen molar-refractivity contribution in [1.29, 1.82) is 0 Å². The van der Waals surface area contributed by atoms with Gasteiger partial charge in [-0.05, 0) is 74.9 Å². The summed E-state index contributed by atoms with van der Waals surface area (Å²) < 4.78 is 52.6. The number of carbonyl (C=O) groups is 1. The molecule has 2 saturated heterocycles. The highest BCUT2D eigenvalue weighted by atomic mass is 35.5. The SMILES string of the molecule is CCc1cc(C2CN3CCCC3CO2)nn1CCCC(CC)C(=O)OCc1cc(Cl)cc(C(F)(F)F)c1. The Bertz CT molecular complexity index is 1070. The van der Waals surface area contributed by atoms with E-state index in [1.54, 1.807) is 0 Å². The van der Waals surface area contributed by atoms with E-state index in [1.807, 2.05) is 11.6 Å². The third kappa shape index (κ3) is 7.06. The number of aromatic nitrogens is 2. The third-order valence-electron chi connectivity index (χ3n) is 7.38. The molecule has 0 N–H and O–H groups in total. The number of morpholine rings is 1. The highest BCUT2D eigenvalue weighted by Crippen LogP contribution is 2.32. The summed E-state index contributed by atoms with van der Waals surface area (Å²) in [6, 6.07) is 5.87. The Morgan fingerprint density at radius 3 is 2.81 bits per heavy atom. The number of hydrogen-bond donors (Lipinski definition) is 0. The minimum absolute atomic E-state index is 0.0105. The molecule has 0 amide bonds. The molecule has 2 fully saturated rings. The average molecular weight is 542 g/mol. The zero-order chi connectivity index (χ0) is 26.6. The summed E-state index contributed by atoms with van der Waals surface area (Å²) in [6.45, 7) is 7.19. The Morgan fingerprint density at radius 2 is 2.08 bits per heavy atom. The van der Waals surface area contributed by atoms with E-state index in [0.717, 1.165) is 56.1 Å². The first-order valence-corrected chi connectivity index (χ1v) is 13.5. The molecule has 4 rings (SSSR count). The molecule has 2 aromatic rings. The lowest BCUT2D eigenvalue weighted by atomic mass is 10.0. The van der Waals surface area contributed by atoms with Gasteiger partial charge < -0.3 is 9.47 Å². The largest absolute Gasteiger partial charge is 0.461 e. The molecule has 3 atom stereocenters. The molecule has 204 valence electrons. The Morgan fingerprint density at radius 1 is 1.27 bits per heavy atom. The van der Waals surface area contributed by atoms with Crippen molar-refractivity contribution in [2.24, 2.45) is 5.92 Å². The van der Waals surface area contributed by atoms with Crippen molar-refractivity contribution in [3.63, 3.8) is 0 Å². The van der Waals surface area contributed by atoms with Crippen LogP contribution in [0.5, 0.6) is 0 Å². The smallest absolute Gasteiger partial charge is 0.416 e. The van der Waals surface area contributed by atoms with Crippen molar-refractivity contribution in [2.45, 2.75) is 83.8 Å². The van der Waals surface area contributed by atoms with E-state index in [0.29, 0.717) is 25.4 Å². The Balaban J connectivity index is 1.29. The average Bonchev–Trinajstić information content (AvgIpc) is 3.50. The van der Waals surface area contributed by atoms with Crippen molar-refractivity contribution in [1.82, 2.24) is 14.7 Å². The number of esters is 1. The first-order chi connectivity index (χ1) is 17.7. The van der Waals surface area contributed by atoms with Crippen LogP contribution in [0.4, 0.5) is 13.2 Å². The normalized spacial score (nSPS) is 21.1. The van der Waals surface area contributed by atoms with Gasteiger partial charge in [0.2, 0.25) is 0 Å². The van der Waals surface area contributed by atoms with E-state index in [4.69, 9.17) is 26.2 Å². The Kier molecular flexibility index (Phi) is 9.19. The topological polar surface area (TPSA) is 56.6 Å². The van der Waals surface area contributed by atoms with Crippen molar-refractivity contribution in [3.05, 3.63) is 51.8 Å². The lowest BCUT2D eigenvalue weighted by Gasteiger charge is -2.34. The highest BCUT2D eigenvalue weighted by Gasteiger charge is 2.34. The van der Waals surface area contributed by atoms with Crippen LogP contribution in [0.2, 0.25) is 5.02 Å². The molecule has 10 heteroatoms. The summed E-state index contributed by atoms with van der Waals surface area (Å²) in [7, 11) is 0. The number of halogens is 4. The molecule has 1 aromatic carbocycles. The van der Waals surface area contributed by atoms with Gasteiger partial charge in [-0.2, -0.15) is 18.3 Å². The van der Waals surface area contributed by atoms with Gasteiger partial charge >= 0.3 is 12.1 Å². The quantitative estimate of drug-likeness (QED) is 0.335. The second-order valence-corrected chi connectivity index (χ2v) is 10.4. The van der Waals surface area contributed by atoms with E-state index in [1.165, 1.54) is 18.9 Å². The number of nitrogens with zero attached hydrogens (tertiary/aromatic N) is 3. The molecular weight excluding hydrogens is 507 g/mol. The van der Waals surface area contributed by atoms with Crippen LogP contribution in [0, 0.1) is 5.92 Å². The summed E-state index contributed by atoms with van der Waals surface area (Å²) in [5.41, 5.74) is 1.46. The van der Waals surface area contributed by atoms with Gasteiger partial charge in [-0.1, -0.05) is 25.4 Å². The fourth-order valence-electron chi connectivity index (χ4n) is 5.26. The van der Waals surface area contributed by atoms with Crippen LogP contribution in [-0.2, 0) is 40.0 Å². The summed E-state index contributed by atoms with van der Waals surface area (Å²) in [5.74, 6) is -0.751. The number of alkyl halides is 3. The van der Waals surface area contributed by atoms with Crippen LogP contribution in [0.15, 0.2) is 24.3 Å². The third-order valence-corrected chi connectivity index (χ3v) is 7.60. The molecule has 2 aliphatic heterocycles. The molecule has 0 radical (unpaired) electrons. The lowest BCUT2D eigenvalue weighted by Crippen LogP contribution is -2.42. The van der Waals surface area contributed by atoms with E-state index in [9.17, 15) is 18.0 Å². The maximum Gasteiger partial charge on any atom is 0.416 e. The zero-order valence-electron chi connectivity index (χ0n) is 21.4. The van der Waals surface area contributed by atoms with Crippen LogP contribution in [-0.4, -0.2) is 46.4 Å². The van der Waals surface area contributed by atoms with Crippen LogP contribution < -0.4 is 0 Å². The predicted molar refractivity (Wildman–Crippen MR) is 134 cm³/mol. The van der Waals surface area contributed by atoms with Gasteiger partial charge in [0.15, 0.2) is 0 Å². The van der Waals surface area contributed by atoms with Crippen LogP contribution in [0.25, 0.3) is 0 Å². The molecule has 0 bridgehead atoms. The van der Waals surface area contributed by atoms with Crippen molar-refractivity contribution >= 4 is 17.6 Å². The second-order valence-electron chi connectivity index (χ2n) is 9.95. The van der Waals surface area contributed by atoms with Crippen LogP contribution >= 0.6 is 11.6 Å². The summed E-state index contributed by atoms with van der Waals surface area (Å²) in [5, 5.41) is 4.80. The second kappa shape index (κ2) is 12.2. The molecule has 6 nitrogen and oxygen atoms in total. The number of fused-ring (bicyclic) bond motifs is 1. The number of ether oxygens (including phenoxy) is 2. The van der Waals surface area contributed by atoms with Gasteiger partial charge in [0.1, 0.15) is 12.7 Å². The van der Waals surface area contributed by atoms with Crippen LogP contribution in [0.3, 0.4) is 0 Å². The maximum absolute atomic E-state index is 13.0. The Hall–Kier alpha value is -2.10. The van der Waals surface area contributed by atoms with E-state index < -0.39 is 17.7 Å². The van der Waals surface area contributed by atoms with Crippen LogP contribution in [0.1, 0.15) is 74.6 Å². The van der Waals surface area contributed by atoms with Crippen molar-refractivity contribution < 1.29 is 27.4 Å². The first kappa shape index (κ1) is 27.9. The van der Waals surface area contributed by atoms with E-state index in [2.05, 4.69) is 17.9 Å². The molecule has 0 spiro atoms. The monoisotopic (exact) mass is 541 g/mol. The molecule has 0 saturated carbocycles. The summed E-state index contributed by atoms with van der Waals surface area (Å²) in [6.07, 6.45) is 0.677. The minimum Gasteiger partial charge on any atom is -0.461 e. The number of aryl methyl sites for hydroxylation is 2. The Labute approximate surface area is 221 Å². The molecule has 1 aromatic heterocycles. The highest BCUT2D eigenvalue weighted by molar-refractivity contribution is 6.30. The molecular formula is C27H35ClF3N3O3. The number of benzene rings is 1. The molecule has 0 aliphatic carbocycles. The fourth-order valence-corrected chi connectivity index (χ4v) is 5.51. The predicted octanol–water partition coefficient (Wildman–Crippen LogP) is 6.20.